The average Bonchev–Trinajstić information content (AvgIpc) is 2.93. The summed E-state index contributed by atoms with van der Waals surface area (Å²) in [7, 11) is 0. The van der Waals surface area contributed by atoms with Crippen LogP contribution in [0.25, 0.3) is 0 Å². The molecule has 110 valence electrons. The first kappa shape index (κ1) is 13.2. The third-order valence-corrected chi connectivity index (χ3v) is 7.08. The van der Waals surface area contributed by atoms with Gasteiger partial charge in [-0.1, -0.05) is 13.3 Å². The fourth-order valence-electron chi connectivity index (χ4n) is 4.78. The summed E-state index contributed by atoms with van der Waals surface area (Å²) in [5.74, 6) is 1.14. The van der Waals surface area contributed by atoms with Crippen LogP contribution in [0.2, 0.25) is 0 Å². The van der Waals surface area contributed by atoms with E-state index in [4.69, 9.17) is 4.74 Å². The van der Waals surface area contributed by atoms with E-state index in [0.717, 1.165) is 12.8 Å². The molecule has 3 heterocycles. The molecule has 2 bridgehead atoms. The van der Waals surface area contributed by atoms with Crippen LogP contribution >= 0.6 is 11.8 Å². The van der Waals surface area contributed by atoms with Crippen molar-refractivity contribution in [3.63, 3.8) is 0 Å². The number of thioether (sulfide) groups is 1. The SMILES string of the molecule is CCCSC1CC2=CC(=O)O[C@@]23C[C@@H]1N1CCCC[C@@H]13. The number of nitrogens with zero attached hydrogens (tertiary/aromatic N) is 1. The van der Waals surface area contributed by atoms with Gasteiger partial charge in [0.15, 0.2) is 5.60 Å². The molecule has 1 unspecified atom stereocenters. The van der Waals surface area contributed by atoms with E-state index in [0.29, 0.717) is 17.3 Å². The summed E-state index contributed by atoms with van der Waals surface area (Å²) in [6, 6.07) is 1.09. The summed E-state index contributed by atoms with van der Waals surface area (Å²) in [4.78, 5) is 14.6. The van der Waals surface area contributed by atoms with Gasteiger partial charge in [0, 0.05) is 23.8 Å². The number of fused-ring (bicyclic) bond motifs is 3. The molecule has 0 aromatic rings. The number of hydrogen-bond donors (Lipinski definition) is 0. The zero-order valence-electron chi connectivity index (χ0n) is 12.1. The van der Waals surface area contributed by atoms with Gasteiger partial charge in [0.25, 0.3) is 0 Å². The molecular formula is C16H23NO2S. The minimum absolute atomic E-state index is 0.0904. The van der Waals surface area contributed by atoms with Gasteiger partial charge in [0.2, 0.25) is 0 Å². The van der Waals surface area contributed by atoms with Crippen LogP contribution in [0.1, 0.15) is 45.4 Å². The molecule has 4 aliphatic rings. The monoisotopic (exact) mass is 293 g/mol. The van der Waals surface area contributed by atoms with Crippen LogP contribution < -0.4 is 0 Å². The summed E-state index contributed by atoms with van der Waals surface area (Å²) in [5, 5.41) is 0.659. The predicted molar refractivity (Wildman–Crippen MR) is 80.8 cm³/mol. The Balaban J connectivity index is 1.68. The molecule has 2 saturated heterocycles. The largest absolute Gasteiger partial charge is 0.450 e. The number of carbonyl (C=O) groups excluding carboxylic acids is 1. The molecule has 20 heavy (non-hydrogen) atoms. The van der Waals surface area contributed by atoms with Crippen molar-refractivity contribution >= 4 is 17.7 Å². The van der Waals surface area contributed by atoms with Gasteiger partial charge >= 0.3 is 5.97 Å². The zero-order chi connectivity index (χ0) is 13.7. The van der Waals surface area contributed by atoms with E-state index in [1.54, 1.807) is 0 Å². The molecule has 0 aromatic heterocycles. The van der Waals surface area contributed by atoms with Crippen molar-refractivity contribution in [3.05, 3.63) is 11.6 Å². The molecule has 4 atom stereocenters. The molecule has 0 radical (unpaired) electrons. The number of esters is 1. The maximum absolute atomic E-state index is 11.9. The Labute approximate surface area is 125 Å². The topological polar surface area (TPSA) is 29.5 Å². The molecule has 3 aliphatic heterocycles. The van der Waals surface area contributed by atoms with Gasteiger partial charge in [-0.05, 0) is 43.6 Å². The van der Waals surface area contributed by atoms with Crippen LogP contribution in [-0.4, -0.2) is 46.1 Å². The van der Waals surface area contributed by atoms with Gasteiger partial charge in [0.05, 0.1) is 6.04 Å². The van der Waals surface area contributed by atoms with Crippen LogP contribution in [0, 0.1) is 0 Å². The van der Waals surface area contributed by atoms with Gasteiger partial charge in [-0.2, -0.15) is 11.8 Å². The van der Waals surface area contributed by atoms with Gasteiger partial charge in [0.1, 0.15) is 0 Å². The average molecular weight is 293 g/mol. The molecule has 3 nitrogen and oxygen atoms in total. The molecule has 0 amide bonds. The molecule has 3 fully saturated rings. The van der Waals surface area contributed by atoms with E-state index in [2.05, 4.69) is 23.6 Å². The smallest absolute Gasteiger partial charge is 0.331 e. The van der Waals surface area contributed by atoms with Gasteiger partial charge in [-0.15, -0.1) is 0 Å². The molecule has 1 aliphatic carbocycles. The van der Waals surface area contributed by atoms with Crippen molar-refractivity contribution in [2.24, 2.45) is 0 Å². The highest BCUT2D eigenvalue weighted by Gasteiger charge is 2.63. The van der Waals surface area contributed by atoms with Crippen molar-refractivity contribution in [3.8, 4) is 0 Å². The molecule has 0 aromatic carbocycles. The lowest BCUT2D eigenvalue weighted by Gasteiger charge is -2.38. The summed E-state index contributed by atoms with van der Waals surface area (Å²) in [5.41, 5.74) is 1.08. The van der Waals surface area contributed by atoms with Crippen LogP contribution in [0.5, 0.6) is 0 Å². The highest BCUT2D eigenvalue weighted by molar-refractivity contribution is 7.99. The maximum atomic E-state index is 11.9. The molecule has 4 rings (SSSR count). The molecular weight excluding hydrogens is 270 g/mol. The minimum atomic E-state index is -0.231. The lowest BCUT2D eigenvalue weighted by atomic mass is 9.77. The normalized spacial score (nSPS) is 43.0. The number of piperidine rings is 1. The molecule has 1 saturated carbocycles. The quantitative estimate of drug-likeness (QED) is 0.748. The Morgan fingerprint density at radius 2 is 2.40 bits per heavy atom. The fraction of sp³-hybridized carbons (Fsp3) is 0.812. The van der Waals surface area contributed by atoms with Crippen molar-refractivity contribution in [2.45, 2.75) is 68.4 Å². The lowest BCUT2D eigenvalue weighted by molar-refractivity contribution is -0.148. The summed E-state index contributed by atoms with van der Waals surface area (Å²) in [6.07, 6.45) is 8.95. The van der Waals surface area contributed by atoms with Crippen LogP contribution in [0.15, 0.2) is 11.6 Å². The van der Waals surface area contributed by atoms with Crippen LogP contribution in [0.3, 0.4) is 0 Å². The Morgan fingerprint density at radius 1 is 1.50 bits per heavy atom. The number of rotatable bonds is 3. The van der Waals surface area contributed by atoms with Crippen molar-refractivity contribution in [1.82, 2.24) is 4.90 Å². The predicted octanol–water partition coefficient (Wildman–Crippen LogP) is 2.75. The second-order valence-corrected chi connectivity index (χ2v) is 7.96. The molecule has 4 heteroatoms. The van der Waals surface area contributed by atoms with Crippen molar-refractivity contribution < 1.29 is 9.53 Å². The van der Waals surface area contributed by atoms with Gasteiger partial charge < -0.3 is 4.74 Å². The van der Waals surface area contributed by atoms with E-state index < -0.39 is 0 Å². The highest BCUT2D eigenvalue weighted by atomic mass is 32.2. The second kappa shape index (κ2) is 4.77. The molecule has 0 N–H and O–H groups in total. The maximum Gasteiger partial charge on any atom is 0.331 e. The lowest BCUT2D eigenvalue weighted by Crippen LogP contribution is -2.48. The first-order chi connectivity index (χ1) is 9.74. The standard InChI is InChI=1S/C16H23NO2S/c1-2-7-20-13-8-11-9-15(18)19-16(11)10-12(13)17-6-4-3-5-14(16)17/h9,12-14H,2-8,10H2,1H3/t12-,13?,14+,16-/m0/s1. The first-order valence-corrected chi connectivity index (χ1v) is 9.11. The van der Waals surface area contributed by atoms with E-state index in [-0.39, 0.29) is 11.6 Å². The first-order valence-electron chi connectivity index (χ1n) is 8.06. The summed E-state index contributed by atoms with van der Waals surface area (Å²) < 4.78 is 5.88. The Hall–Kier alpha value is -0.480. The van der Waals surface area contributed by atoms with Crippen LogP contribution in [-0.2, 0) is 9.53 Å². The van der Waals surface area contributed by atoms with Gasteiger partial charge in [-0.3, -0.25) is 4.90 Å². The van der Waals surface area contributed by atoms with Gasteiger partial charge in [-0.25, -0.2) is 4.79 Å². The third-order valence-electron chi connectivity index (χ3n) is 5.53. The van der Waals surface area contributed by atoms with Crippen LogP contribution in [0.4, 0.5) is 0 Å². The number of carbonyl (C=O) groups is 1. The Morgan fingerprint density at radius 3 is 3.25 bits per heavy atom. The van der Waals surface area contributed by atoms with E-state index in [1.165, 1.54) is 43.6 Å². The fourth-order valence-corrected chi connectivity index (χ4v) is 6.09. The summed E-state index contributed by atoms with van der Waals surface area (Å²) >= 11 is 2.11. The summed E-state index contributed by atoms with van der Waals surface area (Å²) in [6.45, 7) is 3.45. The highest BCUT2D eigenvalue weighted by Crippen LogP contribution is 2.55. The van der Waals surface area contributed by atoms with E-state index >= 15 is 0 Å². The van der Waals surface area contributed by atoms with E-state index in [1.807, 2.05) is 6.08 Å². The Bertz CT molecular complexity index is 463. The molecule has 1 spiro atoms. The number of ether oxygens (including phenoxy) is 1. The minimum Gasteiger partial charge on any atom is -0.450 e. The van der Waals surface area contributed by atoms with Crippen molar-refractivity contribution in [2.75, 3.05) is 12.3 Å². The van der Waals surface area contributed by atoms with E-state index in [9.17, 15) is 4.79 Å². The zero-order valence-corrected chi connectivity index (χ0v) is 13.0. The second-order valence-electron chi connectivity index (χ2n) is 6.61. The third kappa shape index (κ3) is 1.73. The Kier molecular flexibility index (Phi) is 3.15. The number of hydrogen-bond acceptors (Lipinski definition) is 4. The van der Waals surface area contributed by atoms with Crippen molar-refractivity contribution in [1.29, 1.82) is 0 Å².